The van der Waals surface area contributed by atoms with Crippen molar-refractivity contribution in [1.82, 2.24) is 10.6 Å². The zero-order valence-corrected chi connectivity index (χ0v) is 14.0. The van der Waals surface area contributed by atoms with Crippen LogP contribution in [0, 0.1) is 5.92 Å². The van der Waals surface area contributed by atoms with E-state index in [0.717, 1.165) is 22.9 Å². The van der Waals surface area contributed by atoms with Crippen molar-refractivity contribution < 1.29 is 4.79 Å². The number of rotatable bonds is 4. The Bertz CT molecular complexity index is 490. The van der Waals surface area contributed by atoms with Crippen LogP contribution in [0.3, 0.4) is 0 Å². The molecule has 114 valence electrons. The van der Waals surface area contributed by atoms with Gasteiger partial charge in [0.05, 0.1) is 6.04 Å². The summed E-state index contributed by atoms with van der Waals surface area (Å²) in [7, 11) is 0. The molecule has 0 spiro atoms. The Morgan fingerprint density at radius 2 is 1.90 bits per heavy atom. The highest BCUT2D eigenvalue weighted by Gasteiger charge is 2.34. The van der Waals surface area contributed by atoms with Gasteiger partial charge in [-0.1, -0.05) is 28.1 Å². The molecule has 0 saturated carbocycles. The number of benzene rings is 1. The molecule has 3 nitrogen and oxygen atoms in total. The van der Waals surface area contributed by atoms with Crippen LogP contribution in [0.25, 0.3) is 0 Å². The molecular weight excluding hydrogens is 328 g/mol. The Labute approximate surface area is 135 Å². The van der Waals surface area contributed by atoms with Crippen molar-refractivity contribution in [3.8, 4) is 0 Å². The van der Waals surface area contributed by atoms with Crippen LogP contribution in [0.4, 0.5) is 0 Å². The Hall–Kier alpha value is -0.870. The van der Waals surface area contributed by atoms with Crippen LogP contribution >= 0.6 is 15.9 Å². The normalized spacial score (nSPS) is 29.1. The molecule has 21 heavy (non-hydrogen) atoms. The fourth-order valence-corrected chi connectivity index (χ4v) is 4.00. The van der Waals surface area contributed by atoms with Crippen LogP contribution in [0.15, 0.2) is 28.7 Å². The molecule has 2 fully saturated rings. The van der Waals surface area contributed by atoms with Crippen LogP contribution < -0.4 is 10.6 Å². The fraction of sp³-hybridized carbons (Fsp3) is 0.588. The van der Waals surface area contributed by atoms with Gasteiger partial charge in [0, 0.05) is 23.0 Å². The van der Waals surface area contributed by atoms with E-state index in [1.165, 1.54) is 12.8 Å². The van der Waals surface area contributed by atoms with Gasteiger partial charge in [-0.2, -0.15) is 0 Å². The first kappa shape index (κ1) is 15.0. The number of piperidine rings is 1. The molecule has 2 unspecified atom stereocenters. The lowest BCUT2D eigenvalue weighted by Gasteiger charge is -2.29. The van der Waals surface area contributed by atoms with E-state index in [9.17, 15) is 4.79 Å². The van der Waals surface area contributed by atoms with E-state index < -0.39 is 0 Å². The molecule has 2 aliphatic heterocycles. The van der Waals surface area contributed by atoms with E-state index in [0.29, 0.717) is 24.4 Å². The largest absolute Gasteiger partial charge is 0.350 e. The molecule has 1 amide bonds. The van der Waals surface area contributed by atoms with Crippen LogP contribution in [0.1, 0.15) is 50.6 Å². The van der Waals surface area contributed by atoms with Crippen molar-refractivity contribution in [3.05, 3.63) is 34.3 Å². The fourth-order valence-electron chi connectivity index (χ4n) is 3.74. The number of fused-ring (bicyclic) bond motifs is 2. The van der Waals surface area contributed by atoms with Crippen molar-refractivity contribution >= 4 is 21.8 Å². The highest BCUT2D eigenvalue weighted by Crippen LogP contribution is 2.32. The van der Waals surface area contributed by atoms with Gasteiger partial charge in [-0.05, 0) is 56.2 Å². The lowest BCUT2D eigenvalue weighted by molar-refractivity contribution is -0.122. The molecule has 3 rings (SSSR count). The Morgan fingerprint density at radius 3 is 2.52 bits per heavy atom. The first-order chi connectivity index (χ1) is 10.1. The summed E-state index contributed by atoms with van der Waals surface area (Å²) in [6, 6.07) is 9.53. The minimum Gasteiger partial charge on any atom is -0.350 e. The van der Waals surface area contributed by atoms with Crippen molar-refractivity contribution in [2.45, 2.75) is 57.2 Å². The molecule has 1 aromatic carbocycles. The third kappa shape index (κ3) is 3.86. The van der Waals surface area contributed by atoms with Crippen molar-refractivity contribution in [2.75, 3.05) is 0 Å². The number of carbonyl (C=O) groups is 1. The molecule has 4 heteroatoms. The lowest BCUT2D eigenvalue weighted by Crippen LogP contribution is -2.40. The van der Waals surface area contributed by atoms with Gasteiger partial charge in [0.15, 0.2) is 0 Å². The number of amides is 1. The summed E-state index contributed by atoms with van der Waals surface area (Å²) < 4.78 is 1.06. The SMILES string of the molecule is C[C@@H](NC(=O)CC1CC2CCC(C1)N2)c1ccc(Br)cc1. The summed E-state index contributed by atoms with van der Waals surface area (Å²) in [5, 5.41) is 6.77. The molecule has 2 saturated heterocycles. The Morgan fingerprint density at radius 1 is 1.29 bits per heavy atom. The van der Waals surface area contributed by atoms with E-state index in [4.69, 9.17) is 0 Å². The average molecular weight is 351 g/mol. The topological polar surface area (TPSA) is 41.1 Å². The number of nitrogens with one attached hydrogen (secondary N) is 2. The zero-order valence-electron chi connectivity index (χ0n) is 12.4. The van der Waals surface area contributed by atoms with Crippen LogP contribution in [-0.4, -0.2) is 18.0 Å². The monoisotopic (exact) mass is 350 g/mol. The maximum absolute atomic E-state index is 12.3. The van der Waals surface area contributed by atoms with Crippen molar-refractivity contribution in [3.63, 3.8) is 0 Å². The van der Waals surface area contributed by atoms with E-state index in [-0.39, 0.29) is 11.9 Å². The van der Waals surface area contributed by atoms with Gasteiger partial charge in [-0.15, -0.1) is 0 Å². The third-order valence-corrected chi connectivity index (χ3v) is 5.32. The van der Waals surface area contributed by atoms with Gasteiger partial charge in [-0.3, -0.25) is 4.79 Å². The van der Waals surface area contributed by atoms with Gasteiger partial charge < -0.3 is 10.6 Å². The summed E-state index contributed by atoms with van der Waals surface area (Å²) in [5.74, 6) is 0.748. The van der Waals surface area contributed by atoms with Crippen LogP contribution in [0.2, 0.25) is 0 Å². The summed E-state index contributed by atoms with van der Waals surface area (Å²) in [6.45, 7) is 2.05. The molecule has 2 aliphatic rings. The molecule has 2 heterocycles. The van der Waals surface area contributed by atoms with E-state index in [1.807, 2.05) is 19.1 Å². The number of hydrogen-bond donors (Lipinski definition) is 2. The third-order valence-electron chi connectivity index (χ3n) is 4.79. The predicted octanol–water partition coefficient (Wildman–Crippen LogP) is 3.55. The summed E-state index contributed by atoms with van der Waals surface area (Å²) >= 11 is 3.44. The second kappa shape index (κ2) is 6.49. The highest BCUT2D eigenvalue weighted by molar-refractivity contribution is 9.10. The Kier molecular flexibility index (Phi) is 4.65. The molecule has 3 atom stereocenters. The quantitative estimate of drug-likeness (QED) is 0.871. The molecule has 1 aromatic rings. The molecule has 0 radical (unpaired) electrons. The molecule has 2 bridgehead atoms. The molecular formula is C17H23BrN2O. The number of hydrogen-bond acceptors (Lipinski definition) is 2. The summed E-state index contributed by atoms with van der Waals surface area (Å²) in [4.78, 5) is 12.3. The zero-order chi connectivity index (χ0) is 14.8. The van der Waals surface area contributed by atoms with Crippen molar-refractivity contribution in [2.24, 2.45) is 5.92 Å². The second-order valence-electron chi connectivity index (χ2n) is 6.52. The van der Waals surface area contributed by atoms with Gasteiger partial charge in [0.2, 0.25) is 5.91 Å². The van der Waals surface area contributed by atoms with E-state index >= 15 is 0 Å². The summed E-state index contributed by atoms with van der Waals surface area (Å²) in [5.41, 5.74) is 1.15. The first-order valence-corrected chi connectivity index (χ1v) is 8.70. The van der Waals surface area contributed by atoms with Crippen LogP contribution in [0.5, 0.6) is 0 Å². The van der Waals surface area contributed by atoms with Gasteiger partial charge in [0.25, 0.3) is 0 Å². The molecule has 0 aliphatic carbocycles. The minimum absolute atomic E-state index is 0.0732. The first-order valence-electron chi connectivity index (χ1n) is 7.91. The van der Waals surface area contributed by atoms with E-state index in [2.05, 4.69) is 38.7 Å². The van der Waals surface area contributed by atoms with Gasteiger partial charge in [-0.25, -0.2) is 0 Å². The maximum Gasteiger partial charge on any atom is 0.220 e. The van der Waals surface area contributed by atoms with Crippen molar-refractivity contribution in [1.29, 1.82) is 0 Å². The average Bonchev–Trinajstić information content (AvgIpc) is 2.78. The predicted molar refractivity (Wildman–Crippen MR) is 88.0 cm³/mol. The molecule has 0 aromatic heterocycles. The standard InChI is InChI=1S/C17H23BrN2O/c1-11(13-2-4-14(18)5-3-13)19-17(21)10-12-8-15-6-7-16(9-12)20-15/h2-5,11-12,15-16,20H,6-10H2,1H3,(H,19,21)/t11-,12?,15?,16?/m1/s1. The van der Waals surface area contributed by atoms with Crippen LogP contribution in [-0.2, 0) is 4.79 Å². The molecule has 2 N–H and O–H groups in total. The highest BCUT2D eigenvalue weighted by atomic mass is 79.9. The summed E-state index contributed by atoms with van der Waals surface area (Å²) in [6.07, 6.45) is 5.58. The van der Waals surface area contributed by atoms with E-state index in [1.54, 1.807) is 0 Å². The second-order valence-corrected chi connectivity index (χ2v) is 7.44. The number of carbonyl (C=O) groups excluding carboxylic acids is 1. The lowest BCUT2D eigenvalue weighted by atomic mass is 9.89. The number of halogens is 1. The maximum atomic E-state index is 12.3. The Balaban J connectivity index is 1.50. The van der Waals surface area contributed by atoms with Gasteiger partial charge in [0.1, 0.15) is 0 Å². The van der Waals surface area contributed by atoms with Gasteiger partial charge >= 0.3 is 0 Å². The minimum atomic E-state index is 0.0732. The smallest absolute Gasteiger partial charge is 0.220 e.